The van der Waals surface area contributed by atoms with E-state index in [2.05, 4.69) is 19.5 Å². The number of rotatable bonds is 2. The molecule has 1 aliphatic carbocycles. The molecule has 0 aromatic heterocycles. The summed E-state index contributed by atoms with van der Waals surface area (Å²) >= 11 is 0. The normalized spacial score (nSPS) is 27.8. The summed E-state index contributed by atoms with van der Waals surface area (Å²) < 4.78 is 0. The Hall–Kier alpha value is -0.643. The minimum atomic E-state index is -0.710. The second-order valence-corrected chi connectivity index (χ2v) is 5.18. The lowest BCUT2D eigenvalue weighted by atomic mass is 10.1. The average Bonchev–Trinajstić information content (AvgIpc) is 2.07. The fourth-order valence-corrected chi connectivity index (χ4v) is 2.63. The van der Waals surface area contributed by atoms with Gasteiger partial charge in [-0.3, -0.25) is 0 Å². The molecule has 1 aliphatic rings. The number of hydrogen-bond acceptors (Lipinski definition) is 2. The molecule has 0 aromatic carbocycles. The molecule has 0 unspecified atom stereocenters. The third-order valence-corrected chi connectivity index (χ3v) is 4.21. The summed E-state index contributed by atoms with van der Waals surface area (Å²) in [5.41, 5.74) is 3.46. The summed E-state index contributed by atoms with van der Waals surface area (Å²) in [6, 6.07) is 0. The van der Waals surface area contributed by atoms with E-state index in [1.807, 2.05) is 12.2 Å². The Labute approximate surface area is 81.1 Å². The van der Waals surface area contributed by atoms with Gasteiger partial charge in [0.2, 0.25) is 0 Å². The summed E-state index contributed by atoms with van der Waals surface area (Å²) in [7, 11) is -0.523. The molecule has 0 aliphatic heterocycles. The van der Waals surface area contributed by atoms with Crippen LogP contribution in [0.15, 0.2) is 34.7 Å². The first-order chi connectivity index (χ1) is 6.11. The molecule has 0 spiro atoms. The molecule has 2 atom stereocenters. The fraction of sp³-hybridized carbons (Fsp3) is 0.400. The third-order valence-electron chi connectivity index (χ3n) is 2.07. The van der Waals surface area contributed by atoms with Crippen molar-refractivity contribution in [1.82, 2.24) is 0 Å². The van der Waals surface area contributed by atoms with Crippen molar-refractivity contribution in [3.63, 3.8) is 0 Å². The topological polar surface area (TPSA) is 40.5 Å². The first-order valence-corrected chi connectivity index (χ1v) is 6.00. The smallest absolute Gasteiger partial charge is 0.102 e. The van der Waals surface area contributed by atoms with Gasteiger partial charge in [-0.15, -0.1) is 0 Å². The molecule has 72 valence electrons. The number of aliphatic hydroxyl groups is 2. The fourth-order valence-electron chi connectivity index (χ4n) is 1.23. The van der Waals surface area contributed by atoms with Gasteiger partial charge in [-0.1, -0.05) is 34.7 Å². The number of aliphatic hydroxyl groups excluding tert-OH is 2. The van der Waals surface area contributed by atoms with Gasteiger partial charge in [0, 0.05) is 0 Å². The van der Waals surface area contributed by atoms with E-state index in [0.717, 1.165) is 5.20 Å². The number of allylic oxidation sites excluding steroid dienone is 3. The van der Waals surface area contributed by atoms with Gasteiger partial charge in [0.1, 0.15) is 12.2 Å². The van der Waals surface area contributed by atoms with Crippen LogP contribution in [0.1, 0.15) is 13.8 Å². The van der Waals surface area contributed by atoms with Gasteiger partial charge in [0.25, 0.3) is 0 Å². The van der Waals surface area contributed by atoms with Crippen molar-refractivity contribution in [2.24, 2.45) is 0 Å². The molecule has 0 radical (unpaired) electrons. The van der Waals surface area contributed by atoms with Gasteiger partial charge >= 0.3 is 0 Å². The van der Waals surface area contributed by atoms with Gasteiger partial charge in [-0.05, 0) is 13.8 Å². The lowest BCUT2D eigenvalue weighted by Gasteiger charge is -2.20. The second-order valence-electron chi connectivity index (χ2n) is 3.55. The molecule has 0 saturated heterocycles. The maximum absolute atomic E-state index is 9.59. The molecule has 0 amide bonds. The lowest BCUT2D eigenvalue weighted by molar-refractivity contribution is 0.0761. The van der Waals surface area contributed by atoms with E-state index in [9.17, 15) is 10.2 Å². The quantitative estimate of drug-likeness (QED) is 0.622. The van der Waals surface area contributed by atoms with Gasteiger partial charge in [-0.2, -0.15) is 0 Å². The van der Waals surface area contributed by atoms with Gasteiger partial charge in [0.15, 0.2) is 0 Å². The highest BCUT2D eigenvalue weighted by molar-refractivity contribution is 6.51. The van der Waals surface area contributed by atoms with E-state index >= 15 is 0 Å². The highest BCUT2D eigenvalue weighted by Gasteiger charge is 2.19. The van der Waals surface area contributed by atoms with Crippen LogP contribution in [-0.4, -0.2) is 31.9 Å². The monoisotopic (exact) mass is 196 g/mol. The van der Waals surface area contributed by atoms with Crippen molar-refractivity contribution in [1.29, 1.82) is 0 Å². The first kappa shape index (κ1) is 10.4. The molecule has 0 fully saturated rings. The van der Waals surface area contributed by atoms with E-state index < -0.39 is 21.7 Å². The van der Waals surface area contributed by atoms with Crippen LogP contribution in [0.2, 0.25) is 0 Å². The van der Waals surface area contributed by atoms with Crippen LogP contribution in [-0.2, 0) is 0 Å². The second kappa shape index (κ2) is 4.55. The highest BCUT2D eigenvalue weighted by Crippen LogP contribution is 2.13. The third kappa shape index (κ3) is 2.95. The van der Waals surface area contributed by atoms with E-state index in [1.165, 1.54) is 5.57 Å². The Balaban J connectivity index is 2.64. The molecule has 13 heavy (non-hydrogen) atoms. The maximum Gasteiger partial charge on any atom is 0.102 e. The Bertz CT molecular complexity index is 262. The summed E-state index contributed by atoms with van der Waals surface area (Å²) in [6.07, 6.45) is 3.97. The first-order valence-electron chi connectivity index (χ1n) is 4.48. The standard InChI is InChI=1S/C10H16O2Si/c1-7(2)6-13-9-5-3-4-8(11)10(9)12/h3-6,8,10-12H,13H2,1-2H3/t8-,10-/m0/s1. The molecule has 2 nitrogen and oxygen atoms in total. The largest absolute Gasteiger partial charge is 0.386 e. The van der Waals surface area contributed by atoms with Crippen LogP contribution in [0, 0.1) is 0 Å². The van der Waals surface area contributed by atoms with Crippen molar-refractivity contribution in [3.05, 3.63) is 34.7 Å². The van der Waals surface area contributed by atoms with Crippen molar-refractivity contribution >= 4 is 9.52 Å². The molecule has 0 heterocycles. The Kier molecular flexibility index (Phi) is 3.66. The van der Waals surface area contributed by atoms with E-state index in [0.29, 0.717) is 0 Å². The SMILES string of the molecule is CC(C)=C[SiH2]C1=CC=C[C@H](O)[C@@H]1O. The minimum absolute atomic E-state index is 0.523. The van der Waals surface area contributed by atoms with E-state index in [1.54, 1.807) is 6.08 Å². The van der Waals surface area contributed by atoms with E-state index in [4.69, 9.17) is 0 Å². The molecule has 1 rings (SSSR count). The van der Waals surface area contributed by atoms with Crippen LogP contribution < -0.4 is 0 Å². The van der Waals surface area contributed by atoms with Crippen LogP contribution in [0.4, 0.5) is 0 Å². The van der Waals surface area contributed by atoms with Crippen molar-refractivity contribution in [3.8, 4) is 0 Å². The van der Waals surface area contributed by atoms with Crippen molar-refractivity contribution in [2.75, 3.05) is 0 Å². The van der Waals surface area contributed by atoms with Crippen LogP contribution >= 0.6 is 0 Å². The molecule has 3 heteroatoms. The summed E-state index contributed by atoms with van der Waals surface area (Å²) in [6.45, 7) is 4.10. The van der Waals surface area contributed by atoms with Crippen LogP contribution in [0.5, 0.6) is 0 Å². The van der Waals surface area contributed by atoms with Gasteiger partial charge < -0.3 is 10.2 Å². The number of hydrogen-bond donors (Lipinski definition) is 2. The van der Waals surface area contributed by atoms with Gasteiger partial charge in [-0.25, -0.2) is 0 Å². The average molecular weight is 196 g/mol. The molecule has 0 aromatic rings. The van der Waals surface area contributed by atoms with E-state index in [-0.39, 0.29) is 0 Å². The van der Waals surface area contributed by atoms with Gasteiger partial charge in [0.05, 0.1) is 9.52 Å². The summed E-state index contributed by atoms with van der Waals surface area (Å²) in [5, 5.41) is 19.9. The summed E-state index contributed by atoms with van der Waals surface area (Å²) in [4.78, 5) is 0. The zero-order valence-corrected chi connectivity index (χ0v) is 9.48. The van der Waals surface area contributed by atoms with Crippen LogP contribution in [0.3, 0.4) is 0 Å². The van der Waals surface area contributed by atoms with Crippen LogP contribution in [0.25, 0.3) is 0 Å². The lowest BCUT2D eigenvalue weighted by Crippen LogP contribution is -2.30. The molecule has 0 saturated carbocycles. The highest BCUT2D eigenvalue weighted by atomic mass is 28.2. The zero-order valence-electron chi connectivity index (χ0n) is 8.07. The van der Waals surface area contributed by atoms with Crippen molar-refractivity contribution < 1.29 is 10.2 Å². The predicted octanol–water partition coefficient (Wildman–Crippen LogP) is 0.254. The zero-order chi connectivity index (χ0) is 9.84. The molecule has 0 bridgehead atoms. The molecular formula is C10H16O2Si. The Morgan fingerprint density at radius 1 is 1.46 bits per heavy atom. The maximum atomic E-state index is 9.59. The van der Waals surface area contributed by atoms with Crippen molar-refractivity contribution in [2.45, 2.75) is 26.1 Å². The summed E-state index contributed by atoms with van der Waals surface area (Å²) in [5.74, 6) is 0. The Morgan fingerprint density at radius 2 is 2.15 bits per heavy atom. The molecular weight excluding hydrogens is 180 g/mol. The Morgan fingerprint density at radius 3 is 2.77 bits per heavy atom. The molecule has 2 N–H and O–H groups in total. The minimum Gasteiger partial charge on any atom is -0.386 e. The predicted molar refractivity (Wildman–Crippen MR) is 57.2 cm³/mol.